The minimum atomic E-state index is 0.623. The first-order valence-corrected chi connectivity index (χ1v) is 4.13. The monoisotopic (exact) mass is 269 g/mol. The number of hydrogen-bond acceptors (Lipinski definition) is 1. The van der Waals surface area contributed by atoms with Gasteiger partial charge in [0.05, 0.1) is 5.02 Å². The van der Waals surface area contributed by atoms with Crippen LogP contribution in [-0.2, 0) is 0 Å². The Morgan fingerprint density at radius 3 is 2.56 bits per heavy atom. The second-order valence-corrected chi connectivity index (χ2v) is 3.50. The standard InChI is InChI=1S/C5H2Br2ClN/c6-3-1-5(7)9-2-4(3)8/h1-2H. The van der Waals surface area contributed by atoms with Gasteiger partial charge in [0.1, 0.15) is 4.60 Å². The lowest BCUT2D eigenvalue weighted by Gasteiger charge is -1.92. The van der Waals surface area contributed by atoms with Crippen molar-refractivity contribution in [3.05, 3.63) is 26.4 Å². The van der Waals surface area contributed by atoms with Crippen LogP contribution < -0.4 is 0 Å². The quantitative estimate of drug-likeness (QED) is 0.660. The largest absolute Gasteiger partial charge is 0.248 e. The van der Waals surface area contributed by atoms with Crippen LogP contribution in [0.25, 0.3) is 0 Å². The van der Waals surface area contributed by atoms with Crippen molar-refractivity contribution in [3.63, 3.8) is 0 Å². The molecule has 0 aliphatic rings. The molecular weight excluding hydrogens is 269 g/mol. The minimum absolute atomic E-state index is 0.623. The van der Waals surface area contributed by atoms with Gasteiger partial charge in [0, 0.05) is 10.7 Å². The Bertz CT molecular complexity index is 226. The average molecular weight is 271 g/mol. The molecule has 0 amide bonds. The lowest BCUT2D eigenvalue weighted by Crippen LogP contribution is -1.74. The first kappa shape index (κ1) is 7.51. The molecule has 0 aromatic carbocycles. The molecule has 1 aromatic rings. The minimum Gasteiger partial charge on any atom is -0.248 e. The number of rotatable bonds is 0. The van der Waals surface area contributed by atoms with Gasteiger partial charge in [0.2, 0.25) is 0 Å². The summed E-state index contributed by atoms with van der Waals surface area (Å²) in [5.41, 5.74) is 0. The average Bonchev–Trinajstić information content (AvgIpc) is 1.80. The van der Waals surface area contributed by atoms with E-state index < -0.39 is 0 Å². The van der Waals surface area contributed by atoms with Crippen LogP contribution in [0.1, 0.15) is 0 Å². The van der Waals surface area contributed by atoms with E-state index in [-0.39, 0.29) is 0 Å². The van der Waals surface area contributed by atoms with Gasteiger partial charge in [0.25, 0.3) is 0 Å². The molecule has 1 aromatic heterocycles. The summed E-state index contributed by atoms with van der Waals surface area (Å²) in [6, 6.07) is 1.79. The number of pyridine rings is 1. The Balaban J connectivity index is 3.17. The van der Waals surface area contributed by atoms with Gasteiger partial charge in [-0.1, -0.05) is 11.6 Å². The van der Waals surface area contributed by atoms with E-state index in [4.69, 9.17) is 11.6 Å². The molecule has 0 saturated carbocycles. The SMILES string of the molecule is Clc1cnc(Br)cc1Br. The molecule has 0 bridgehead atoms. The van der Waals surface area contributed by atoms with Gasteiger partial charge < -0.3 is 0 Å². The Labute approximate surface area is 74.7 Å². The maximum atomic E-state index is 5.65. The zero-order valence-electron chi connectivity index (χ0n) is 4.24. The highest BCUT2D eigenvalue weighted by Gasteiger charge is 1.95. The predicted octanol–water partition coefficient (Wildman–Crippen LogP) is 3.26. The molecule has 0 radical (unpaired) electrons. The molecule has 9 heavy (non-hydrogen) atoms. The van der Waals surface area contributed by atoms with Crippen molar-refractivity contribution in [1.82, 2.24) is 4.98 Å². The molecule has 0 unspecified atom stereocenters. The van der Waals surface area contributed by atoms with Crippen molar-refractivity contribution >= 4 is 43.5 Å². The molecule has 1 rings (SSSR count). The predicted molar refractivity (Wildman–Crippen MR) is 44.6 cm³/mol. The summed E-state index contributed by atoms with van der Waals surface area (Å²) in [5.74, 6) is 0. The van der Waals surface area contributed by atoms with Crippen LogP contribution in [0.4, 0.5) is 0 Å². The number of aromatic nitrogens is 1. The van der Waals surface area contributed by atoms with Gasteiger partial charge in [-0.2, -0.15) is 0 Å². The van der Waals surface area contributed by atoms with Crippen LogP contribution >= 0.6 is 43.5 Å². The highest BCUT2D eigenvalue weighted by molar-refractivity contribution is 9.11. The molecule has 0 N–H and O–H groups in total. The van der Waals surface area contributed by atoms with E-state index in [1.807, 2.05) is 0 Å². The number of halogens is 3. The highest BCUT2D eigenvalue weighted by Crippen LogP contribution is 2.23. The first-order valence-electron chi connectivity index (χ1n) is 2.16. The summed E-state index contributed by atoms with van der Waals surface area (Å²) in [7, 11) is 0. The van der Waals surface area contributed by atoms with Gasteiger partial charge in [-0.05, 0) is 37.9 Å². The molecule has 0 aliphatic heterocycles. The van der Waals surface area contributed by atoms with Crippen LogP contribution in [0, 0.1) is 0 Å². The van der Waals surface area contributed by atoms with Crippen LogP contribution in [0.3, 0.4) is 0 Å². The molecule has 1 nitrogen and oxygen atoms in total. The fourth-order valence-corrected chi connectivity index (χ4v) is 1.45. The van der Waals surface area contributed by atoms with Crippen LogP contribution in [-0.4, -0.2) is 4.98 Å². The Morgan fingerprint density at radius 1 is 1.44 bits per heavy atom. The van der Waals surface area contributed by atoms with Crippen molar-refractivity contribution in [2.24, 2.45) is 0 Å². The van der Waals surface area contributed by atoms with Crippen LogP contribution in [0.2, 0.25) is 5.02 Å². The Hall–Kier alpha value is 0.400. The van der Waals surface area contributed by atoms with Crippen molar-refractivity contribution in [2.75, 3.05) is 0 Å². The third kappa shape index (κ3) is 1.92. The molecule has 0 aliphatic carbocycles. The summed E-state index contributed by atoms with van der Waals surface area (Å²) in [5, 5.41) is 0.623. The number of hydrogen-bond donors (Lipinski definition) is 0. The third-order valence-corrected chi connectivity index (χ3v) is 2.39. The first-order chi connectivity index (χ1) is 4.20. The summed E-state index contributed by atoms with van der Waals surface area (Å²) in [6.45, 7) is 0. The fourth-order valence-electron chi connectivity index (χ4n) is 0.391. The van der Waals surface area contributed by atoms with Crippen molar-refractivity contribution in [1.29, 1.82) is 0 Å². The Morgan fingerprint density at radius 2 is 2.11 bits per heavy atom. The van der Waals surface area contributed by atoms with Crippen molar-refractivity contribution in [3.8, 4) is 0 Å². The molecule has 1 heterocycles. The molecular formula is C5H2Br2ClN. The lowest BCUT2D eigenvalue weighted by molar-refractivity contribution is 1.27. The van der Waals surface area contributed by atoms with E-state index in [0.717, 1.165) is 9.08 Å². The summed E-state index contributed by atoms with van der Waals surface area (Å²) in [4.78, 5) is 3.89. The zero-order valence-corrected chi connectivity index (χ0v) is 8.16. The fraction of sp³-hybridized carbons (Fsp3) is 0. The van der Waals surface area contributed by atoms with Gasteiger partial charge in [-0.3, -0.25) is 0 Å². The van der Waals surface area contributed by atoms with E-state index >= 15 is 0 Å². The summed E-state index contributed by atoms with van der Waals surface area (Å²) < 4.78 is 1.63. The summed E-state index contributed by atoms with van der Waals surface area (Å²) in [6.07, 6.45) is 1.58. The second-order valence-electron chi connectivity index (χ2n) is 1.42. The normalized spacial score (nSPS) is 9.67. The molecule has 0 fully saturated rings. The maximum absolute atomic E-state index is 5.65. The lowest BCUT2D eigenvalue weighted by atomic mass is 10.5. The van der Waals surface area contributed by atoms with E-state index in [9.17, 15) is 0 Å². The second kappa shape index (κ2) is 2.99. The van der Waals surface area contributed by atoms with Crippen LogP contribution in [0.15, 0.2) is 21.3 Å². The molecule has 0 atom stereocenters. The van der Waals surface area contributed by atoms with Gasteiger partial charge in [-0.15, -0.1) is 0 Å². The van der Waals surface area contributed by atoms with Crippen molar-refractivity contribution < 1.29 is 0 Å². The zero-order chi connectivity index (χ0) is 6.85. The van der Waals surface area contributed by atoms with E-state index in [0.29, 0.717) is 5.02 Å². The van der Waals surface area contributed by atoms with E-state index in [1.54, 1.807) is 12.3 Å². The topological polar surface area (TPSA) is 12.9 Å². The van der Waals surface area contributed by atoms with E-state index in [2.05, 4.69) is 36.8 Å². The smallest absolute Gasteiger partial charge is 0.107 e. The van der Waals surface area contributed by atoms with Gasteiger partial charge in [-0.25, -0.2) is 4.98 Å². The van der Waals surface area contributed by atoms with Crippen LogP contribution in [0.5, 0.6) is 0 Å². The Kier molecular flexibility index (Phi) is 2.50. The maximum Gasteiger partial charge on any atom is 0.107 e. The third-order valence-electron chi connectivity index (χ3n) is 0.775. The van der Waals surface area contributed by atoms with Crippen molar-refractivity contribution in [2.45, 2.75) is 0 Å². The molecule has 0 saturated heterocycles. The van der Waals surface area contributed by atoms with Gasteiger partial charge in [0.15, 0.2) is 0 Å². The van der Waals surface area contributed by atoms with Gasteiger partial charge >= 0.3 is 0 Å². The molecule has 48 valence electrons. The summed E-state index contributed by atoms with van der Waals surface area (Å²) >= 11 is 12.1. The highest BCUT2D eigenvalue weighted by atomic mass is 79.9. The molecule has 0 spiro atoms. The number of nitrogens with zero attached hydrogens (tertiary/aromatic N) is 1. The van der Waals surface area contributed by atoms with E-state index in [1.165, 1.54) is 0 Å². The molecule has 4 heteroatoms.